The van der Waals surface area contributed by atoms with Crippen LogP contribution in [0.15, 0.2) is 35.3 Å². The summed E-state index contributed by atoms with van der Waals surface area (Å²) in [5.74, 6) is 0.959. The third-order valence-electron chi connectivity index (χ3n) is 3.15. The highest BCUT2D eigenvalue weighted by Crippen LogP contribution is 2.01. The molecule has 0 bridgehead atoms. The lowest BCUT2D eigenvalue weighted by atomic mass is 10.1. The van der Waals surface area contributed by atoms with Gasteiger partial charge in [-0.05, 0) is 18.4 Å². The van der Waals surface area contributed by atoms with E-state index in [0.29, 0.717) is 12.5 Å². The third kappa shape index (κ3) is 7.70. The zero-order chi connectivity index (χ0) is 15.6. The molecule has 0 aromatic heterocycles. The number of guanidine groups is 1. The molecule has 1 aromatic carbocycles. The first kappa shape index (κ1) is 17.5. The number of aryl methyl sites for hydroxylation is 1. The number of nitrogens with one attached hydrogen (secondary N) is 2. The van der Waals surface area contributed by atoms with Gasteiger partial charge in [0.05, 0.1) is 5.75 Å². The van der Waals surface area contributed by atoms with E-state index >= 15 is 0 Å². The minimum absolute atomic E-state index is 0.133. The van der Waals surface area contributed by atoms with Crippen molar-refractivity contribution < 1.29 is 8.42 Å². The van der Waals surface area contributed by atoms with Gasteiger partial charge in [0.25, 0.3) is 0 Å². The average molecular weight is 311 g/mol. The SMILES string of the molecule is CCS(=O)(=O)CCNC(=NC)NCCCc1ccccc1. The topological polar surface area (TPSA) is 70.6 Å². The maximum Gasteiger partial charge on any atom is 0.191 e. The van der Waals surface area contributed by atoms with Gasteiger partial charge < -0.3 is 10.6 Å². The number of nitrogens with zero attached hydrogens (tertiary/aromatic N) is 1. The second kappa shape index (κ2) is 9.39. The van der Waals surface area contributed by atoms with Gasteiger partial charge in [-0.15, -0.1) is 0 Å². The second-order valence-corrected chi connectivity index (χ2v) is 7.22. The molecule has 0 aliphatic heterocycles. The molecule has 6 heteroatoms. The van der Waals surface area contributed by atoms with E-state index in [-0.39, 0.29) is 11.5 Å². The summed E-state index contributed by atoms with van der Waals surface area (Å²) in [6, 6.07) is 10.3. The smallest absolute Gasteiger partial charge is 0.191 e. The highest BCUT2D eigenvalue weighted by Gasteiger charge is 2.07. The lowest BCUT2D eigenvalue weighted by Crippen LogP contribution is -2.40. The molecular weight excluding hydrogens is 286 g/mol. The fourth-order valence-corrected chi connectivity index (χ4v) is 2.54. The van der Waals surface area contributed by atoms with E-state index in [9.17, 15) is 8.42 Å². The summed E-state index contributed by atoms with van der Waals surface area (Å²) in [6.07, 6.45) is 2.01. The van der Waals surface area contributed by atoms with Gasteiger partial charge in [0, 0.05) is 25.9 Å². The molecule has 21 heavy (non-hydrogen) atoms. The lowest BCUT2D eigenvalue weighted by molar-refractivity contribution is 0.595. The van der Waals surface area contributed by atoms with Crippen LogP contribution in [0.2, 0.25) is 0 Å². The van der Waals surface area contributed by atoms with E-state index in [4.69, 9.17) is 0 Å². The predicted octanol–water partition coefficient (Wildman–Crippen LogP) is 1.22. The molecule has 1 rings (SSSR count). The number of rotatable bonds is 8. The molecule has 0 amide bonds. The van der Waals surface area contributed by atoms with Crippen LogP contribution in [0.3, 0.4) is 0 Å². The quantitative estimate of drug-likeness (QED) is 0.430. The van der Waals surface area contributed by atoms with Gasteiger partial charge in [-0.1, -0.05) is 37.3 Å². The number of hydrogen-bond donors (Lipinski definition) is 2. The second-order valence-electron chi connectivity index (χ2n) is 4.75. The Kier molecular flexibility index (Phi) is 7.82. The molecule has 118 valence electrons. The first-order chi connectivity index (χ1) is 10.1. The van der Waals surface area contributed by atoms with Crippen molar-refractivity contribution in [3.63, 3.8) is 0 Å². The Balaban J connectivity index is 2.20. The van der Waals surface area contributed by atoms with E-state index in [1.807, 2.05) is 18.2 Å². The maximum atomic E-state index is 11.4. The lowest BCUT2D eigenvalue weighted by Gasteiger charge is -2.11. The Labute approximate surface area is 127 Å². The molecule has 1 aromatic rings. The summed E-state index contributed by atoms with van der Waals surface area (Å²) in [4.78, 5) is 4.08. The molecule has 0 spiro atoms. The van der Waals surface area contributed by atoms with Gasteiger partial charge in [0.1, 0.15) is 0 Å². The summed E-state index contributed by atoms with van der Waals surface area (Å²) < 4.78 is 22.8. The molecular formula is C15H25N3O2S. The van der Waals surface area contributed by atoms with Crippen LogP contribution in [-0.2, 0) is 16.3 Å². The summed E-state index contributed by atoms with van der Waals surface area (Å²) >= 11 is 0. The summed E-state index contributed by atoms with van der Waals surface area (Å²) in [7, 11) is -1.25. The fourth-order valence-electron chi connectivity index (χ4n) is 1.83. The van der Waals surface area contributed by atoms with Crippen molar-refractivity contribution in [2.45, 2.75) is 19.8 Å². The molecule has 0 heterocycles. The molecule has 0 fully saturated rings. The Bertz CT molecular complexity index is 527. The molecule has 2 N–H and O–H groups in total. The van der Waals surface area contributed by atoms with Crippen LogP contribution in [0.25, 0.3) is 0 Å². The number of hydrogen-bond acceptors (Lipinski definition) is 3. The molecule has 0 unspecified atom stereocenters. The zero-order valence-electron chi connectivity index (χ0n) is 12.8. The number of aliphatic imine (C=N–C) groups is 1. The summed E-state index contributed by atoms with van der Waals surface area (Å²) in [5.41, 5.74) is 1.32. The van der Waals surface area contributed by atoms with Crippen molar-refractivity contribution in [2.24, 2.45) is 4.99 Å². The normalized spacial score (nSPS) is 12.2. The monoisotopic (exact) mass is 311 g/mol. The van der Waals surface area contributed by atoms with Crippen LogP contribution in [0.5, 0.6) is 0 Å². The van der Waals surface area contributed by atoms with Gasteiger partial charge in [-0.2, -0.15) is 0 Å². The first-order valence-corrected chi connectivity index (χ1v) is 9.08. The Morgan fingerprint density at radius 3 is 2.43 bits per heavy atom. The van der Waals surface area contributed by atoms with Crippen LogP contribution in [0, 0.1) is 0 Å². The third-order valence-corrected chi connectivity index (χ3v) is 4.85. The molecule has 0 aliphatic carbocycles. The maximum absolute atomic E-state index is 11.4. The minimum Gasteiger partial charge on any atom is -0.356 e. The Morgan fingerprint density at radius 2 is 1.81 bits per heavy atom. The highest BCUT2D eigenvalue weighted by atomic mass is 32.2. The van der Waals surface area contributed by atoms with Crippen molar-refractivity contribution in [2.75, 3.05) is 31.6 Å². The van der Waals surface area contributed by atoms with Gasteiger partial charge in [0.2, 0.25) is 0 Å². The van der Waals surface area contributed by atoms with Gasteiger partial charge in [-0.25, -0.2) is 8.42 Å². The van der Waals surface area contributed by atoms with Crippen LogP contribution < -0.4 is 10.6 Å². The summed E-state index contributed by atoms with van der Waals surface area (Å²) in [5, 5.41) is 6.21. The Hall–Kier alpha value is -1.56. The average Bonchev–Trinajstić information content (AvgIpc) is 2.50. The van der Waals surface area contributed by atoms with E-state index in [2.05, 4.69) is 27.8 Å². The van der Waals surface area contributed by atoms with Crippen LogP contribution in [-0.4, -0.2) is 46.0 Å². The van der Waals surface area contributed by atoms with Gasteiger partial charge in [-0.3, -0.25) is 4.99 Å². The van der Waals surface area contributed by atoms with Crippen molar-refractivity contribution in [3.8, 4) is 0 Å². The standard InChI is InChI=1S/C15H25N3O2S/c1-3-21(19,20)13-12-18-15(16-2)17-11-7-10-14-8-5-4-6-9-14/h4-6,8-9H,3,7,10-13H2,1-2H3,(H2,16,17,18). The summed E-state index contributed by atoms with van der Waals surface area (Å²) in [6.45, 7) is 2.84. The first-order valence-electron chi connectivity index (χ1n) is 7.26. The van der Waals surface area contributed by atoms with Crippen molar-refractivity contribution in [3.05, 3.63) is 35.9 Å². The van der Waals surface area contributed by atoms with E-state index < -0.39 is 9.84 Å². The van der Waals surface area contributed by atoms with Crippen molar-refractivity contribution in [1.82, 2.24) is 10.6 Å². The molecule has 0 atom stereocenters. The Morgan fingerprint density at radius 1 is 1.14 bits per heavy atom. The largest absolute Gasteiger partial charge is 0.356 e. The van der Waals surface area contributed by atoms with E-state index in [1.165, 1.54) is 5.56 Å². The van der Waals surface area contributed by atoms with Crippen LogP contribution in [0.1, 0.15) is 18.9 Å². The fraction of sp³-hybridized carbons (Fsp3) is 0.533. The van der Waals surface area contributed by atoms with Crippen LogP contribution >= 0.6 is 0 Å². The number of sulfone groups is 1. The number of benzene rings is 1. The van der Waals surface area contributed by atoms with Gasteiger partial charge >= 0.3 is 0 Å². The highest BCUT2D eigenvalue weighted by molar-refractivity contribution is 7.91. The molecule has 0 radical (unpaired) electrons. The molecule has 0 aliphatic rings. The predicted molar refractivity (Wildman–Crippen MR) is 88.5 cm³/mol. The zero-order valence-corrected chi connectivity index (χ0v) is 13.6. The van der Waals surface area contributed by atoms with E-state index in [1.54, 1.807) is 14.0 Å². The molecule has 0 saturated heterocycles. The van der Waals surface area contributed by atoms with Gasteiger partial charge in [0.15, 0.2) is 15.8 Å². The van der Waals surface area contributed by atoms with Crippen molar-refractivity contribution in [1.29, 1.82) is 0 Å². The van der Waals surface area contributed by atoms with Crippen molar-refractivity contribution >= 4 is 15.8 Å². The van der Waals surface area contributed by atoms with E-state index in [0.717, 1.165) is 19.4 Å². The minimum atomic E-state index is -2.93. The molecule has 0 saturated carbocycles. The molecule has 5 nitrogen and oxygen atoms in total. The van der Waals surface area contributed by atoms with Crippen LogP contribution in [0.4, 0.5) is 0 Å².